The molecule has 2 rings (SSSR count). The molecule has 0 saturated heterocycles. The number of rotatable bonds is 1. The average molecular weight is 360 g/mol. The Morgan fingerprint density at radius 1 is 0.800 bits per heavy atom. The quantitative estimate of drug-likeness (QED) is 0.481. The van der Waals surface area contributed by atoms with Crippen LogP contribution in [0.2, 0.25) is 20.1 Å². The van der Waals surface area contributed by atoms with Crippen molar-refractivity contribution in [3.8, 4) is 11.1 Å². The third-order valence-electron chi connectivity index (χ3n) is 2.58. The Bertz CT molecular complexity index is 642. The Labute approximate surface area is 133 Å². The second-order valence-electron chi connectivity index (χ2n) is 3.94. The predicted octanol–water partition coefficient (Wildman–Crippen LogP) is 6.99. The third-order valence-corrected chi connectivity index (χ3v) is 4.01. The summed E-state index contributed by atoms with van der Waals surface area (Å²) in [4.78, 5) is 0. The van der Waals surface area contributed by atoms with Gasteiger partial charge in [0.2, 0.25) is 0 Å². The van der Waals surface area contributed by atoms with Crippen LogP contribution in [-0.2, 0) is 6.18 Å². The fourth-order valence-electron chi connectivity index (χ4n) is 1.71. The summed E-state index contributed by atoms with van der Waals surface area (Å²) in [6.07, 6.45) is -4.52. The van der Waals surface area contributed by atoms with Crippen LogP contribution in [0.25, 0.3) is 11.1 Å². The van der Waals surface area contributed by atoms with Gasteiger partial charge in [-0.3, -0.25) is 0 Å². The molecule has 106 valence electrons. The largest absolute Gasteiger partial charge is 0.417 e. The highest BCUT2D eigenvalue weighted by Crippen LogP contribution is 2.41. The van der Waals surface area contributed by atoms with E-state index in [1.165, 1.54) is 24.3 Å². The Balaban J connectivity index is 2.72. The van der Waals surface area contributed by atoms with Gasteiger partial charge in [-0.2, -0.15) is 13.2 Å². The molecule has 0 amide bonds. The van der Waals surface area contributed by atoms with Crippen LogP contribution in [0.4, 0.5) is 13.2 Å². The first-order valence-electron chi connectivity index (χ1n) is 5.22. The summed E-state index contributed by atoms with van der Waals surface area (Å²) in [5.41, 5.74) is -0.735. The molecule has 0 bridgehead atoms. The number of hydrogen-bond donors (Lipinski definition) is 0. The van der Waals surface area contributed by atoms with Crippen LogP contribution in [0.5, 0.6) is 0 Å². The van der Waals surface area contributed by atoms with Crippen molar-refractivity contribution in [2.75, 3.05) is 0 Å². The summed E-state index contributed by atoms with van der Waals surface area (Å²) < 4.78 is 39.0. The van der Waals surface area contributed by atoms with Crippen molar-refractivity contribution in [1.82, 2.24) is 0 Å². The maximum atomic E-state index is 13.0. The van der Waals surface area contributed by atoms with E-state index < -0.39 is 11.7 Å². The molecular weight excluding hydrogens is 355 g/mol. The predicted molar refractivity (Wildman–Crippen MR) is 76.9 cm³/mol. The van der Waals surface area contributed by atoms with E-state index in [2.05, 4.69) is 0 Å². The van der Waals surface area contributed by atoms with Gasteiger partial charge in [0.1, 0.15) is 0 Å². The average Bonchev–Trinajstić information content (AvgIpc) is 2.33. The van der Waals surface area contributed by atoms with Gasteiger partial charge in [0.15, 0.2) is 0 Å². The van der Waals surface area contributed by atoms with Crippen LogP contribution < -0.4 is 0 Å². The lowest BCUT2D eigenvalue weighted by Crippen LogP contribution is -2.07. The van der Waals surface area contributed by atoms with E-state index in [1.807, 2.05) is 0 Å². The van der Waals surface area contributed by atoms with Gasteiger partial charge in [-0.05, 0) is 41.5 Å². The zero-order chi connectivity index (χ0) is 15.1. The smallest absolute Gasteiger partial charge is 0.166 e. The summed E-state index contributed by atoms with van der Waals surface area (Å²) in [5, 5.41) is 0.410. The van der Waals surface area contributed by atoms with Crippen LogP contribution in [0.1, 0.15) is 5.56 Å². The summed E-state index contributed by atoms with van der Waals surface area (Å²) >= 11 is 23.2. The topological polar surface area (TPSA) is 0 Å². The molecule has 0 spiro atoms. The molecule has 2 aromatic carbocycles. The molecule has 0 aliphatic heterocycles. The number of halogens is 7. The van der Waals surface area contributed by atoms with Crippen LogP contribution in [0.15, 0.2) is 30.3 Å². The van der Waals surface area contributed by atoms with Gasteiger partial charge in [0.05, 0.1) is 20.6 Å². The number of alkyl halides is 3. The summed E-state index contributed by atoms with van der Waals surface area (Å²) in [6, 6.07) is 5.93. The Hall–Kier alpha value is -0.610. The van der Waals surface area contributed by atoms with Crippen molar-refractivity contribution in [3.63, 3.8) is 0 Å². The SMILES string of the molecule is FC(F)(F)c1ccc(Cl)cc1-c1cc(Cl)c(Cl)c(Cl)c1. The second kappa shape index (κ2) is 5.64. The Morgan fingerprint density at radius 3 is 1.85 bits per heavy atom. The van der Waals surface area contributed by atoms with Gasteiger partial charge in [0.25, 0.3) is 0 Å². The van der Waals surface area contributed by atoms with Crippen molar-refractivity contribution >= 4 is 46.4 Å². The van der Waals surface area contributed by atoms with Gasteiger partial charge < -0.3 is 0 Å². The fourth-order valence-corrected chi connectivity index (χ4v) is 2.48. The molecule has 0 fully saturated rings. The molecule has 0 aromatic heterocycles. The highest BCUT2D eigenvalue weighted by atomic mass is 35.5. The van der Waals surface area contributed by atoms with E-state index in [1.54, 1.807) is 0 Å². The monoisotopic (exact) mass is 358 g/mol. The van der Waals surface area contributed by atoms with Gasteiger partial charge in [-0.1, -0.05) is 46.4 Å². The molecule has 0 unspecified atom stereocenters. The van der Waals surface area contributed by atoms with E-state index in [-0.39, 0.29) is 31.2 Å². The summed E-state index contributed by atoms with van der Waals surface area (Å²) in [5.74, 6) is 0. The van der Waals surface area contributed by atoms with Crippen molar-refractivity contribution in [3.05, 3.63) is 56.0 Å². The molecule has 0 saturated carbocycles. The number of hydrogen-bond acceptors (Lipinski definition) is 0. The third kappa shape index (κ3) is 3.17. The van der Waals surface area contributed by atoms with Gasteiger partial charge >= 0.3 is 6.18 Å². The maximum absolute atomic E-state index is 13.0. The van der Waals surface area contributed by atoms with Gasteiger partial charge in [-0.25, -0.2) is 0 Å². The molecule has 0 heterocycles. The Morgan fingerprint density at radius 2 is 1.35 bits per heavy atom. The minimum absolute atomic E-state index is 0.0715. The zero-order valence-corrected chi connectivity index (χ0v) is 12.6. The highest BCUT2D eigenvalue weighted by molar-refractivity contribution is 6.48. The summed E-state index contributed by atoms with van der Waals surface area (Å²) in [6.45, 7) is 0. The molecule has 0 atom stereocenters. The lowest BCUT2D eigenvalue weighted by Gasteiger charge is -2.14. The van der Waals surface area contributed by atoms with E-state index in [4.69, 9.17) is 46.4 Å². The first-order valence-corrected chi connectivity index (χ1v) is 6.73. The zero-order valence-electron chi connectivity index (χ0n) is 9.53. The fraction of sp³-hybridized carbons (Fsp3) is 0.0769. The van der Waals surface area contributed by atoms with Crippen molar-refractivity contribution in [2.45, 2.75) is 6.18 Å². The molecule has 20 heavy (non-hydrogen) atoms. The molecule has 0 aliphatic carbocycles. The lowest BCUT2D eigenvalue weighted by molar-refractivity contribution is -0.137. The number of benzene rings is 2. The molecule has 2 aromatic rings. The first-order chi connectivity index (χ1) is 9.20. The molecule has 0 N–H and O–H groups in total. The first kappa shape index (κ1) is 15.8. The van der Waals surface area contributed by atoms with Gasteiger partial charge in [0, 0.05) is 5.02 Å². The lowest BCUT2D eigenvalue weighted by atomic mass is 9.99. The summed E-state index contributed by atoms with van der Waals surface area (Å²) in [7, 11) is 0. The minimum Gasteiger partial charge on any atom is -0.166 e. The molecule has 7 heteroatoms. The molecule has 0 radical (unpaired) electrons. The van der Waals surface area contributed by atoms with Crippen molar-refractivity contribution in [1.29, 1.82) is 0 Å². The van der Waals surface area contributed by atoms with E-state index in [9.17, 15) is 13.2 Å². The minimum atomic E-state index is -4.52. The van der Waals surface area contributed by atoms with Crippen LogP contribution in [0.3, 0.4) is 0 Å². The van der Waals surface area contributed by atoms with Crippen LogP contribution in [0, 0.1) is 0 Å². The molecule has 0 aliphatic rings. The van der Waals surface area contributed by atoms with Crippen molar-refractivity contribution < 1.29 is 13.2 Å². The van der Waals surface area contributed by atoms with Crippen LogP contribution >= 0.6 is 46.4 Å². The van der Waals surface area contributed by atoms with Crippen molar-refractivity contribution in [2.24, 2.45) is 0 Å². The van der Waals surface area contributed by atoms with E-state index in [0.29, 0.717) is 0 Å². The normalized spacial score (nSPS) is 11.8. The molecule has 0 nitrogen and oxygen atoms in total. The highest BCUT2D eigenvalue weighted by Gasteiger charge is 2.33. The Kier molecular flexibility index (Phi) is 4.45. The standard InChI is InChI=1S/C13H5Cl4F3/c14-7-1-2-9(13(18,19)20)8(5-7)6-3-10(15)12(17)11(16)4-6/h1-5H. The molecular formula is C13H5Cl4F3. The van der Waals surface area contributed by atoms with E-state index in [0.717, 1.165) is 6.07 Å². The van der Waals surface area contributed by atoms with Crippen LogP contribution in [-0.4, -0.2) is 0 Å². The van der Waals surface area contributed by atoms with E-state index >= 15 is 0 Å². The van der Waals surface area contributed by atoms with Gasteiger partial charge in [-0.15, -0.1) is 0 Å². The maximum Gasteiger partial charge on any atom is 0.417 e. The second-order valence-corrected chi connectivity index (χ2v) is 5.57.